The molecule has 7 heteroatoms. The minimum atomic E-state index is -0.940. The third-order valence-corrected chi connectivity index (χ3v) is 4.79. The SMILES string of the molecule is COC(=O)CC(c1cc2ccccc2[nH]c1=O)c1c(O)cc(C)n(C)c1=O. The Labute approximate surface area is 154 Å². The number of fused-ring (bicyclic) bond motifs is 1. The lowest BCUT2D eigenvalue weighted by Crippen LogP contribution is -2.29. The summed E-state index contributed by atoms with van der Waals surface area (Å²) in [7, 11) is 2.80. The van der Waals surface area contributed by atoms with E-state index in [-0.39, 0.29) is 23.3 Å². The van der Waals surface area contributed by atoms with Gasteiger partial charge in [0.2, 0.25) is 0 Å². The monoisotopic (exact) mass is 368 g/mol. The first kappa shape index (κ1) is 18.4. The van der Waals surface area contributed by atoms with E-state index >= 15 is 0 Å². The number of nitrogens with one attached hydrogen (secondary N) is 1. The number of H-pyrrole nitrogens is 1. The summed E-state index contributed by atoms with van der Waals surface area (Å²) in [5.74, 6) is -1.78. The molecule has 27 heavy (non-hydrogen) atoms. The van der Waals surface area contributed by atoms with E-state index in [4.69, 9.17) is 4.74 Å². The van der Waals surface area contributed by atoms with Gasteiger partial charge in [0.15, 0.2) is 0 Å². The number of rotatable bonds is 4. The molecular weight excluding hydrogens is 348 g/mol. The highest BCUT2D eigenvalue weighted by Gasteiger charge is 2.28. The summed E-state index contributed by atoms with van der Waals surface area (Å²) in [6.07, 6.45) is -0.246. The lowest BCUT2D eigenvalue weighted by molar-refractivity contribution is -0.140. The fourth-order valence-electron chi connectivity index (χ4n) is 3.19. The van der Waals surface area contributed by atoms with Crippen LogP contribution >= 0.6 is 0 Å². The largest absolute Gasteiger partial charge is 0.507 e. The fraction of sp³-hybridized carbons (Fsp3) is 0.250. The molecule has 3 aromatic rings. The number of hydrogen-bond donors (Lipinski definition) is 2. The van der Waals surface area contributed by atoms with Crippen molar-refractivity contribution in [1.82, 2.24) is 9.55 Å². The summed E-state index contributed by atoms with van der Waals surface area (Å²) in [4.78, 5) is 40.3. The van der Waals surface area contributed by atoms with Gasteiger partial charge in [0.05, 0.1) is 19.1 Å². The highest BCUT2D eigenvalue weighted by Crippen LogP contribution is 2.31. The van der Waals surface area contributed by atoms with Crippen molar-refractivity contribution in [3.63, 3.8) is 0 Å². The molecule has 0 amide bonds. The van der Waals surface area contributed by atoms with Crippen molar-refractivity contribution in [3.8, 4) is 5.75 Å². The van der Waals surface area contributed by atoms with Gasteiger partial charge < -0.3 is 19.4 Å². The zero-order chi connectivity index (χ0) is 19.7. The maximum Gasteiger partial charge on any atom is 0.306 e. The summed E-state index contributed by atoms with van der Waals surface area (Å²) >= 11 is 0. The van der Waals surface area contributed by atoms with Crippen LogP contribution in [0.2, 0.25) is 0 Å². The van der Waals surface area contributed by atoms with E-state index < -0.39 is 23.0 Å². The van der Waals surface area contributed by atoms with E-state index in [1.54, 1.807) is 32.2 Å². The van der Waals surface area contributed by atoms with Gasteiger partial charge in [-0.25, -0.2) is 0 Å². The summed E-state index contributed by atoms with van der Waals surface area (Å²) < 4.78 is 6.11. The van der Waals surface area contributed by atoms with Gasteiger partial charge in [0, 0.05) is 29.7 Å². The Bertz CT molecular complexity index is 1140. The van der Waals surface area contributed by atoms with Crippen molar-refractivity contribution in [2.75, 3.05) is 7.11 Å². The Kier molecular flexibility index (Phi) is 4.85. The molecule has 0 radical (unpaired) electrons. The number of carbonyl (C=O) groups is 1. The van der Waals surface area contributed by atoms with E-state index in [0.29, 0.717) is 11.2 Å². The van der Waals surface area contributed by atoms with Gasteiger partial charge in [-0.2, -0.15) is 0 Å². The van der Waals surface area contributed by atoms with Crippen LogP contribution < -0.4 is 11.1 Å². The van der Waals surface area contributed by atoms with Crippen LogP contribution in [0.3, 0.4) is 0 Å². The van der Waals surface area contributed by atoms with Crippen LogP contribution in [-0.2, 0) is 16.6 Å². The lowest BCUT2D eigenvalue weighted by Gasteiger charge is -2.19. The van der Waals surface area contributed by atoms with Crippen LogP contribution in [0, 0.1) is 6.92 Å². The molecule has 1 unspecified atom stereocenters. The second-order valence-electron chi connectivity index (χ2n) is 6.42. The van der Waals surface area contributed by atoms with Gasteiger partial charge in [-0.15, -0.1) is 0 Å². The summed E-state index contributed by atoms with van der Waals surface area (Å²) in [5.41, 5.74) is 0.526. The number of carbonyl (C=O) groups excluding carboxylic acids is 1. The zero-order valence-electron chi connectivity index (χ0n) is 15.3. The quantitative estimate of drug-likeness (QED) is 0.685. The maximum absolute atomic E-state index is 12.8. The highest BCUT2D eigenvalue weighted by molar-refractivity contribution is 5.79. The normalized spacial score (nSPS) is 12.1. The van der Waals surface area contributed by atoms with Gasteiger partial charge in [0.1, 0.15) is 5.75 Å². The Balaban J connectivity index is 2.30. The van der Waals surface area contributed by atoms with Crippen LogP contribution in [0.25, 0.3) is 10.9 Å². The Morgan fingerprint density at radius 1 is 1.26 bits per heavy atom. The molecule has 0 aliphatic rings. The first-order chi connectivity index (χ1) is 12.8. The number of para-hydroxylation sites is 1. The number of methoxy groups -OCH3 is 1. The number of esters is 1. The predicted octanol–water partition coefficient (Wildman–Crippen LogP) is 1.94. The summed E-state index contributed by atoms with van der Waals surface area (Å²) in [6, 6.07) is 10.3. The fourth-order valence-corrected chi connectivity index (χ4v) is 3.19. The molecule has 2 aromatic heterocycles. The molecule has 0 fully saturated rings. The number of aromatic nitrogens is 2. The molecule has 7 nitrogen and oxygen atoms in total. The third kappa shape index (κ3) is 3.36. The topological polar surface area (TPSA) is 101 Å². The average molecular weight is 368 g/mol. The van der Waals surface area contributed by atoms with Crippen molar-refractivity contribution in [2.24, 2.45) is 7.05 Å². The number of aromatic amines is 1. The van der Waals surface area contributed by atoms with Crippen molar-refractivity contribution >= 4 is 16.9 Å². The Morgan fingerprint density at radius 3 is 2.67 bits per heavy atom. The minimum Gasteiger partial charge on any atom is -0.507 e. The van der Waals surface area contributed by atoms with Gasteiger partial charge >= 0.3 is 5.97 Å². The number of ether oxygens (including phenoxy) is 1. The van der Waals surface area contributed by atoms with Crippen LogP contribution in [0.5, 0.6) is 5.75 Å². The second kappa shape index (κ2) is 7.11. The number of nitrogens with zero attached hydrogens (tertiary/aromatic N) is 1. The van der Waals surface area contributed by atoms with Crippen molar-refractivity contribution in [1.29, 1.82) is 0 Å². The van der Waals surface area contributed by atoms with Crippen LogP contribution in [0.4, 0.5) is 0 Å². The number of hydrogen-bond acceptors (Lipinski definition) is 5. The van der Waals surface area contributed by atoms with E-state index in [1.807, 2.05) is 12.1 Å². The third-order valence-electron chi connectivity index (χ3n) is 4.79. The standard InChI is InChI=1S/C20H20N2O5/c1-11-8-16(23)18(20(26)22(11)2)13(10-17(24)27-3)14-9-12-6-4-5-7-15(12)21-19(14)25/h4-9,13,23H,10H2,1-3H3,(H,21,25). The molecule has 0 saturated heterocycles. The van der Waals surface area contributed by atoms with Gasteiger partial charge in [-0.3, -0.25) is 14.4 Å². The van der Waals surface area contributed by atoms with Gasteiger partial charge in [0.25, 0.3) is 11.1 Å². The smallest absolute Gasteiger partial charge is 0.306 e. The summed E-state index contributed by atoms with van der Waals surface area (Å²) in [6.45, 7) is 1.68. The van der Waals surface area contributed by atoms with Crippen molar-refractivity contribution in [3.05, 3.63) is 73.9 Å². The predicted molar refractivity (Wildman–Crippen MR) is 101 cm³/mol. The number of pyridine rings is 2. The van der Waals surface area contributed by atoms with Gasteiger partial charge in [-0.05, 0) is 30.5 Å². The molecule has 0 aliphatic heterocycles. The molecule has 0 saturated carbocycles. The van der Waals surface area contributed by atoms with Crippen LogP contribution in [0.1, 0.15) is 29.2 Å². The van der Waals surface area contributed by atoms with Crippen molar-refractivity contribution in [2.45, 2.75) is 19.3 Å². The van der Waals surface area contributed by atoms with Crippen molar-refractivity contribution < 1.29 is 14.6 Å². The lowest BCUT2D eigenvalue weighted by atomic mass is 9.88. The number of benzene rings is 1. The zero-order valence-corrected chi connectivity index (χ0v) is 15.3. The first-order valence-corrected chi connectivity index (χ1v) is 8.41. The molecule has 2 N–H and O–H groups in total. The molecule has 0 spiro atoms. The molecule has 0 aliphatic carbocycles. The van der Waals surface area contributed by atoms with E-state index in [2.05, 4.69) is 4.98 Å². The second-order valence-corrected chi connectivity index (χ2v) is 6.42. The molecule has 3 rings (SSSR count). The number of aryl methyl sites for hydroxylation is 1. The maximum atomic E-state index is 12.8. The first-order valence-electron chi connectivity index (χ1n) is 8.41. The average Bonchev–Trinajstić information content (AvgIpc) is 2.64. The molecule has 2 heterocycles. The van der Waals surface area contributed by atoms with Crippen LogP contribution in [-0.4, -0.2) is 27.7 Å². The van der Waals surface area contributed by atoms with E-state index in [9.17, 15) is 19.5 Å². The van der Waals surface area contributed by atoms with E-state index in [1.165, 1.54) is 17.7 Å². The molecular formula is C20H20N2O5. The molecule has 0 bridgehead atoms. The minimum absolute atomic E-state index is 0.00530. The molecule has 1 atom stereocenters. The van der Waals surface area contributed by atoms with Crippen LogP contribution in [0.15, 0.2) is 46.0 Å². The molecule has 1 aromatic carbocycles. The molecule has 140 valence electrons. The Hall–Kier alpha value is -3.35. The highest BCUT2D eigenvalue weighted by atomic mass is 16.5. The van der Waals surface area contributed by atoms with E-state index in [0.717, 1.165) is 5.39 Å². The Morgan fingerprint density at radius 2 is 1.96 bits per heavy atom. The van der Waals surface area contributed by atoms with Gasteiger partial charge in [-0.1, -0.05) is 18.2 Å². The number of aromatic hydroxyl groups is 1. The summed E-state index contributed by atoms with van der Waals surface area (Å²) in [5, 5.41) is 11.2.